The molecule has 0 aliphatic heterocycles. The Morgan fingerprint density at radius 3 is 2.32 bits per heavy atom. The van der Waals surface area contributed by atoms with Crippen molar-refractivity contribution in [2.24, 2.45) is 5.92 Å². The number of hydrogen-bond donors (Lipinski definition) is 1. The minimum absolute atomic E-state index is 0.714. The number of rotatable bonds is 9. The van der Waals surface area contributed by atoms with Gasteiger partial charge in [0.05, 0.1) is 0 Å². The van der Waals surface area contributed by atoms with Crippen LogP contribution in [-0.4, -0.2) is 25.0 Å². The molecule has 0 saturated carbocycles. The summed E-state index contributed by atoms with van der Waals surface area (Å²) < 4.78 is 0. The normalized spacial score (nSPS) is 11.5. The molecule has 0 aliphatic rings. The molecular formula is C17H30N2. The summed E-state index contributed by atoms with van der Waals surface area (Å²) in [6.07, 6.45) is 2.55. The molecule has 1 aromatic carbocycles. The molecule has 0 radical (unpaired) electrons. The molecule has 0 fully saturated rings. The Bertz CT molecular complexity index is 330. The van der Waals surface area contributed by atoms with E-state index in [9.17, 15) is 0 Å². The van der Waals surface area contributed by atoms with Gasteiger partial charge >= 0.3 is 0 Å². The highest BCUT2D eigenvalue weighted by molar-refractivity contribution is 5.22. The summed E-state index contributed by atoms with van der Waals surface area (Å²) in [5.74, 6) is 0.714. The third-order valence-electron chi connectivity index (χ3n) is 3.25. The number of unbranched alkanes of at least 4 members (excludes halogenated alkanes) is 1. The quantitative estimate of drug-likeness (QED) is 0.730. The van der Waals surface area contributed by atoms with E-state index in [0.29, 0.717) is 5.92 Å². The second-order valence-corrected chi connectivity index (χ2v) is 5.93. The SMILES string of the molecule is CCCCN(C)Cc1ccc(CNCC(C)C)cc1. The van der Waals surface area contributed by atoms with E-state index in [1.165, 1.54) is 30.5 Å². The van der Waals surface area contributed by atoms with Gasteiger partial charge in [0, 0.05) is 13.1 Å². The van der Waals surface area contributed by atoms with Crippen molar-refractivity contribution >= 4 is 0 Å². The summed E-state index contributed by atoms with van der Waals surface area (Å²) in [7, 11) is 2.20. The highest BCUT2D eigenvalue weighted by Crippen LogP contribution is 2.07. The maximum Gasteiger partial charge on any atom is 0.0230 e. The van der Waals surface area contributed by atoms with Crippen molar-refractivity contribution in [3.63, 3.8) is 0 Å². The molecule has 1 aromatic rings. The van der Waals surface area contributed by atoms with Crippen LogP contribution >= 0.6 is 0 Å². The molecule has 108 valence electrons. The van der Waals surface area contributed by atoms with Crippen molar-refractivity contribution in [1.29, 1.82) is 0 Å². The molecule has 0 saturated heterocycles. The highest BCUT2D eigenvalue weighted by Gasteiger charge is 2.00. The summed E-state index contributed by atoms with van der Waals surface area (Å²) in [4.78, 5) is 2.40. The molecule has 2 nitrogen and oxygen atoms in total. The lowest BCUT2D eigenvalue weighted by atomic mass is 10.1. The Morgan fingerprint density at radius 2 is 1.74 bits per heavy atom. The van der Waals surface area contributed by atoms with E-state index < -0.39 is 0 Å². The molecule has 0 aliphatic carbocycles. The fraction of sp³-hybridized carbons (Fsp3) is 0.647. The number of nitrogens with zero attached hydrogens (tertiary/aromatic N) is 1. The van der Waals surface area contributed by atoms with E-state index in [-0.39, 0.29) is 0 Å². The third-order valence-corrected chi connectivity index (χ3v) is 3.25. The van der Waals surface area contributed by atoms with Gasteiger partial charge in [-0.25, -0.2) is 0 Å². The van der Waals surface area contributed by atoms with Crippen LogP contribution in [0.2, 0.25) is 0 Å². The van der Waals surface area contributed by atoms with Gasteiger partial charge < -0.3 is 10.2 Å². The Morgan fingerprint density at radius 1 is 1.11 bits per heavy atom. The summed E-state index contributed by atoms with van der Waals surface area (Å²) in [6, 6.07) is 9.01. The van der Waals surface area contributed by atoms with Crippen molar-refractivity contribution in [2.75, 3.05) is 20.1 Å². The van der Waals surface area contributed by atoms with Gasteiger partial charge in [-0.2, -0.15) is 0 Å². The van der Waals surface area contributed by atoms with E-state index in [2.05, 4.69) is 62.3 Å². The van der Waals surface area contributed by atoms with Gasteiger partial charge in [0.1, 0.15) is 0 Å². The molecule has 1 rings (SSSR count). The van der Waals surface area contributed by atoms with E-state index in [4.69, 9.17) is 0 Å². The average molecular weight is 262 g/mol. The topological polar surface area (TPSA) is 15.3 Å². The van der Waals surface area contributed by atoms with Crippen molar-refractivity contribution in [3.8, 4) is 0 Å². The van der Waals surface area contributed by atoms with Crippen LogP contribution in [0.15, 0.2) is 24.3 Å². The summed E-state index contributed by atoms with van der Waals surface area (Å²) >= 11 is 0. The van der Waals surface area contributed by atoms with Crippen LogP contribution < -0.4 is 5.32 Å². The maximum absolute atomic E-state index is 3.48. The summed E-state index contributed by atoms with van der Waals surface area (Å²) in [5.41, 5.74) is 2.78. The molecule has 0 bridgehead atoms. The van der Waals surface area contributed by atoms with E-state index in [0.717, 1.165) is 19.6 Å². The van der Waals surface area contributed by atoms with Crippen LogP contribution in [0.4, 0.5) is 0 Å². The Hall–Kier alpha value is -0.860. The van der Waals surface area contributed by atoms with Gasteiger partial charge in [0.25, 0.3) is 0 Å². The van der Waals surface area contributed by atoms with Gasteiger partial charge in [0.15, 0.2) is 0 Å². The monoisotopic (exact) mass is 262 g/mol. The largest absolute Gasteiger partial charge is 0.312 e. The number of nitrogens with one attached hydrogen (secondary N) is 1. The second-order valence-electron chi connectivity index (χ2n) is 5.93. The standard InChI is InChI=1S/C17H30N2/c1-5-6-11-19(4)14-17-9-7-16(8-10-17)13-18-12-15(2)3/h7-10,15,18H,5-6,11-14H2,1-4H3. The van der Waals surface area contributed by atoms with Gasteiger partial charge in [-0.3, -0.25) is 0 Å². The van der Waals surface area contributed by atoms with E-state index >= 15 is 0 Å². The van der Waals surface area contributed by atoms with Gasteiger partial charge in [0.2, 0.25) is 0 Å². The fourth-order valence-corrected chi connectivity index (χ4v) is 2.09. The lowest BCUT2D eigenvalue weighted by molar-refractivity contribution is 0.321. The van der Waals surface area contributed by atoms with Gasteiger partial charge in [-0.1, -0.05) is 51.5 Å². The highest BCUT2D eigenvalue weighted by atomic mass is 15.1. The van der Waals surface area contributed by atoms with E-state index in [1.807, 2.05) is 0 Å². The predicted octanol–water partition coefficient (Wildman–Crippen LogP) is 3.66. The molecule has 0 spiro atoms. The van der Waals surface area contributed by atoms with Crippen LogP contribution in [0.3, 0.4) is 0 Å². The lowest BCUT2D eigenvalue weighted by Crippen LogP contribution is -2.20. The Balaban J connectivity index is 2.34. The summed E-state index contributed by atoms with van der Waals surface area (Å²) in [6.45, 7) is 11.0. The van der Waals surface area contributed by atoms with Gasteiger partial charge in [-0.15, -0.1) is 0 Å². The molecular weight excluding hydrogens is 232 g/mol. The third kappa shape index (κ3) is 7.34. The molecule has 0 amide bonds. The van der Waals surface area contributed by atoms with Crippen LogP contribution in [0, 0.1) is 5.92 Å². The van der Waals surface area contributed by atoms with Crippen LogP contribution in [0.25, 0.3) is 0 Å². The molecule has 0 unspecified atom stereocenters. The molecule has 2 heteroatoms. The first kappa shape index (κ1) is 16.2. The van der Waals surface area contributed by atoms with Crippen LogP contribution in [-0.2, 0) is 13.1 Å². The van der Waals surface area contributed by atoms with Gasteiger partial charge in [-0.05, 0) is 43.6 Å². The fourth-order valence-electron chi connectivity index (χ4n) is 2.09. The first-order valence-electron chi connectivity index (χ1n) is 7.59. The van der Waals surface area contributed by atoms with Crippen molar-refractivity contribution in [3.05, 3.63) is 35.4 Å². The predicted molar refractivity (Wildman–Crippen MR) is 84.2 cm³/mol. The van der Waals surface area contributed by atoms with Crippen LogP contribution in [0.5, 0.6) is 0 Å². The zero-order chi connectivity index (χ0) is 14.1. The second kappa shape index (κ2) is 9.11. The zero-order valence-electron chi connectivity index (χ0n) is 13.1. The lowest BCUT2D eigenvalue weighted by Gasteiger charge is -2.16. The molecule has 0 heterocycles. The molecule has 0 atom stereocenters. The van der Waals surface area contributed by atoms with Crippen molar-refractivity contribution in [1.82, 2.24) is 10.2 Å². The minimum Gasteiger partial charge on any atom is -0.312 e. The molecule has 19 heavy (non-hydrogen) atoms. The molecule has 0 aromatic heterocycles. The minimum atomic E-state index is 0.714. The number of benzene rings is 1. The smallest absolute Gasteiger partial charge is 0.0230 e. The summed E-state index contributed by atoms with van der Waals surface area (Å²) in [5, 5.41) is 3.48. The van der Waals surface area contributed by atoms with Crippen molar-refractivity contribution < 1.29 is 0 Å². The Kier molecular flexibility index (Phi) is 7.76. The molecule has 1 N–H and O–H groups in total. The Labute approximate surface area is 119 Å². The average Bonchev–Trinajstić information content (AvgIpc) is 2.38. The van der Waals surface area contributed by atoms with E-state index in [1.54, 1.807) is 0 Å². The zero-order valence-corrected chi connectivity index (χ0v) is 13.1. The number of hydrogen-bond acceptors (Lipinski definition) is 2. The van der Waals surface area contributed by atoms with Crippen LogP contribution in [0.1, 0.15) is 44.7 Å². The first-order valence-corrected chi connectivity index (χ1v) is 7.59. The first-order chi connectivity index (χ1) is 9.11. The van der Waals surface area contributed by atoms with Crippen molar-refractivity contribution in [2.45, 2.75) is 46.7 Å². The maximum atomic E-state index is 3.48.